The molecule has 1 rings (SSSR count). The summed E-state index contributed by atoms with van der Waals surface area (Å²) in [5.41, 5.74) is 6.23. The predicted molar refractivity (Wildman–Crippen MR) is 46.8 cm³/mol. The average Bonchev–Trinajstić information content (AvgIpc) is 1.98. The van der Waals surface area contributed by atoms with Crippen molar-refractivity contribution in [2.24, 2.45) is 12.8 Å². The van der Waals surface area contributed by atoms with Gasteiger partial charge in [-0.3, -0.25) is 4.79 Å². The SMILES string of the molecule is CC(N)Cc1cncn(C)c1=O. The molecule has 0 saturated heterocycles. The lowest BCUT2D eigenvalue weighted by Crippen LogP contribution is -2.27. The fraction of sp³-hybridized carbons (Fsp3) is 0.500. The number of aromatic nitrogens is 2. The molecule has 2 N–H and O–H groups in total. The molecular formula is C8H13N3O. The topological polar surface area (TPSA) is 60.9 Å². The second-order valence-corrected chi connectivity index (χ2v) is 3.02. The fourth-order valence-corrected chi connectivity index (χ4v) is 1.04. The minimum Gasteiger partial charge on any atom is -0.328 e. The summed E-state index contributed by atoms with van der Waals surface area (Å²) in [5.74, 6) is 0. The molecule has 4 nitrogen and oxygen atoms in total. The Morgan fingerprint density at radius 3 is 3.00 bits per heavy atom. The van der Waals surface area contributed by atoms with Gasteiger partial charge in [0.15, 0.2) is 0 Å². The van der Waals surface area contributed by atoms with Crippen molar-refractivity contribution in [3.05, 3.63) is 28.4 Å². The lowest BCUT2D eigenvalue weighted by Gasteiger charge is -2.04. The van der Waals surface area contributed by atoms with E-state index in [1.54, 1.807) is 13.2 Å². The first-order valence-corrected chi connectivity index (χ1v) is 3.86. The van der Waals surface area contributed by atoms with E-state index in [0.29, 0.717) is 12.0 Å². The van der Waals surface area contributed by atoms with E-state index in [1.807, 2.05) is 6.92 Å². The summed E-state index contributed by atoms with van der Waals surface area (Å²) in [4.78, 5) is 15.3. The van der Waals surface area contributed by atoms with Gasteiger partial charge in [0.25, 0.3) is 5.56 Å². The zero-order valence-corrected chi connectivity index (χ0v) is 7.32. The molecule has 1 heterocycles. The van der Waals surface area contributed by atoms with Crippen LogP contribution in [0.25, 0.3) is 0 Å². The molecule has 1 unspecified atom stereocenters. The van der Waals surface area contributed by atoms with Crippen LogP contribution in [0, 0.1) is 0 Å². The summed E-state index contributed by atoms with van der Waals surface area (Å²) < 4.78 is 1.46. The van der Waals surface area contributed by atoms with Gasteiger partial charge in [-0.15, -0.1) is 0 Å². The molecule has 1 aromatic rings. The normalized spacial score (nSPS) is 12.9. The number of rotatable bonds is 2. The number of hydrogen-bond donors (Lipinski definition) is 1. The molecule has 12 heavy (non-hydrogen) atoms. The molecule has 0 aliphatic carbocycles. The van der Waals surface area contributed by atoms with Crippen LogP contribution in [0.1, 0.15) is 12.5 Å². The number of nitrogens with zero attached hydrogens (tertiary/aromatic N) is 2. The molecule has 0 aliphatic heterocycles. The van der Waals surface area contributed by atoms with E-state index in [4.69, 9.17) is 5.73 Å². The van der Waals surface area contributed by atoms with Crippen LogP contribution in [-0.4, -0.2) is 15.6 Å². The van der Waals surface area contributed by atoms with E-state index in [2.05, 4.69) is 4.98 Å². The van der Waals surface area contributed by atoms with Crippen LogP contribution in [0.15, 0.2) is 17.3 Å². The van der Waals surface area contributed by atoms with Gasteiger partial charge in [0.2, 0.25) is 0 Å². The quantitative estimate of drug-likeness (QED) is 0.656. The smallest absolute Gasteiger partial charge is 0.256 e. The molecule has 0 fully saturated rings. The third kappa shape index (κ3) is 1.92. The number of nitrogens with two attached hydrogens (primary N) is 1. The molecular weight excluding hydrogens is 154 g/mol. The van der Waals surface area contributed by atoms with E-state index in [1.165, 1.54) is 10.9 Å². The van der Waals surface area contributed by atoms with E-state index in [-0.39, 0.29) is 11.6 Å². The first kappa shape index (κ1) is 8.93. The zero-order chi connectivity index (χ0) is 9.14. The third-order valence-corrected chi connectivity index (χ3v) is 1.61. The Kier molecular flexibility index (Phi) is 2.60. The monoisotopic (exact) mass is 167 g/mol. The molecule has 0 aromatic carbocycles. The largest absolute Gasteiger partial charge is 0.328 e. The number of hydrogen-bond acceptors (Lipinski definition) is 3. The van der Waals surface area contributed by atoms with Gasteiger partial charge in [-0.1, -0.05) is 0 Å². The minimum atomic E-state index is -0.0118. The molecule has 4 heteroatoms. The van der Waals surface area contributed by atoms with Crippen LogP contribution < -0.4 is 11.3 Å². The maximum atomic E-state index is 11.4. The molecule has 0 aliphatic rings. The highest BCUT2D eigenvalue weighted by Gasteiger charge is 2.03. The highest BCUT2D eigenvalue weighted by atomic mass is 16.1. The van der Waals surface area contributed by atoms with Gasteiger partial charge in [0, 0.05) is 24.8 Å². The second kappa shape index (κ2) is 3.49. The Hall–Kier alpha value is -1.16. The molecule has 0 radical (unpaired) electrons. The Labute approximate surface area is 71.0 Å². The summed E-state index contributed by atoms with van der Waals surface area (Å²) in [7, 11) is 1.68. The van der Waals surface area contributed by atoms with Gasteiger partial charge in [0.05, 0.1) is 6.33 Å². The summed E-state index contributed by atoms with van der Waals surface area (Å²) >= 11 is 0. The van der Waals surface area contributed by atoms with E-state index >= 15 is 0 Å². The Morgan fingerprint density at radius 1 is 1.75 bits per heavy atom. The van der Waals surface area contributed by atoms with Crippen LogP contribution in [-0.2, 0) is 13.5 Å². The van der Waals surface area contributed by atoms with Crippen LogP contribution >= 0.6 is 0 Å². The molecule has 66 valence electrons. The number of aryl methyl sites for hydroxylation is 1. The average molecular weight is 167 g/mol. The van der Waals surface area contributed by atoms with Crippen LogP contribution in [0.4, 0.5) is 0 Å². The van der Waals surface area contributed by atoms with Crippen LogP contribution in [0.5, 0.6) is 0 Å². The van der Waals surface area contributed by atoms with E-state index in [9.17, 15) is 4.79 Å². The Morgan fingerprint density at radius 2 is 2.42 bits per heavy atom. The molecule has 1 aromatic heterocycles. The van der Waals surface area contributed by atoms with Crippen molar-refractivity contribution in [3.8, 4) is 0 Å². The highest BCUT2D eigenvalue weighted by Crippen LogP contribution is 1.92. The van der Waals surface area contributed by atoms with Gasteiger partial charge in [-0.05, 0) is 13.3 Å². The van der Waals surface area contributed by atoms with Crippen molar-refractivity contribution >= 4 is 0 Å². The minimum absolute atomic E-state index is 0.00176. The Bertz CT molecular complexity index is 316. The first-order chi connectivity index (χ1) is 5.61. The van der Waals surface area contributed by atoms with Gasteiger partial charge in [0.1, 0.15) is 0 Å². The molecule has 0 saturated carbocycles. The molecule has 1 atom stereocenters. The van der Waals surface area contributed by atoms with Gasteiger partial charge < -0.3 is 10.3 Å². The van der Waals surface area contributed by atoms with Crippen molar-refractivity contribution < 1.29 is 0 Å². The van der Waals surface area contributed by atoms with Crippen molar-refractivity contribution in [2.45, 2.75) is 19.4 Å². The predicted octanol–water partition coefficient (Wildman–Crippen LogP) is -0.330. The lowest BCUT2D eigenvalue weighted by molar-refractivity contribution is 0.706. The van der Waals surface area contributed by atoms with Crippen LogP contribution in [0.3, 0.4) is 0 Å². The lowest BCUT2D eigenvalue weighted by atomic mass is 10.1. The molecule has 0 bridgehead atoms. The zero-order valence-electron chi connectivity index (χ0n) is 7.32. The van der Waals surface area contributed by atoms with Crippen molar-refractivity contribution in [2.75, 3.05) is 0 Å². The van der Waals surface area contributed by atoms with E-state index < -0.39 is 0 Å². The standard InChI is InChI=1S/C8H13N3O/c1-6(9)3-7-4-10-5-11(2)8(7)12/h4-6H,3,9H2,1-2H3. The van der Waals surface area contributed by atoms with Crippen molar-refractivity contribution in [3.63, 3.8) is 0 Å². The van der Waals surface area contributed by atoms with Crippen LogP contribution in [0.2, 0.25) is 0 Å². The first-order valence-electron chi connectivity index (χ1n) is 3.86. The fourth-order valence-electron chi connectivity index (χ4n) is 1.04. The van der Waals surface area contributed by atoms with Gasteiger partial charge >= 0.3 is 0 Å². The van der Waals surface area contributed by atoms with Crippen molar-refractivity contribution in [1.29, 1.82) is 0 Å². The summed E-state index contributed by atoms with van der Waals surface area (Å²) in [6.45, 7) is 1.87. The van der Waals surface area contributed by atoms with Crippen molar-refractivity contribution in [1.82, 2.24) is 9.55 Å². The summed E-state index contributed by atoms with van der Waals surface area (Å²) in [6, 6.07) is 0.00176. The third-order valence-electron chi connectivity index (χ3n) is 1.61. The van der Waals surface area contributed by atoms with Gasteiger partial charge in [-0.2, -0.15) is 0 Å². The maximum absolute atomic E-state index is 11.4. The van der Waals surface area contributed by atoms with Gasteiger partial charge in [-0.25, -0.2) is 4.98 Å². The second-order valence-electron chi connectivity index (χ2n) is 3.02. The maximum Gasteiger partial charge on any atom is 0.256 e. The Balaban J connectivity index is 3.01. The van der Waals surface area contributed by atoms with E-state index in [0.717, 1.165) is 0 Å². The highest BCUT2D eigenvalue weighted by molar-refractivity contribution is 5.05. The molecule has 0 spiro atoms. The summed E-state index contributed by atoms with van der Waals surface area (Å²) in [6.07, 6.45) is 3.65. The summed E-state index contributed by atoms with van der Waals surface area (Å²) in [5, 5.41) is 0. The molecule has 0 amide bonds.